The highest BCUT2D eigenvalue weighted by Gasteiger charge is 2.45. The molecule has 0 radical (unpaired) electrons. The van der Waals surface area contributed by atoms with E-state index >= 15 is 0 Å². The lowest BCUT2D eigenvalue weighted by molar-refractivity contribution is 0.496. The molecule has 12 aromatic rings. The third kappa shape index (κ3) is 5.58. The Morgan fingerprint density at radius 1 is 0.317 bits per heavy atom. The Morgan fingerprint density at radius 3 is 1.30 bits per heavy atom. The number of para-hydroxylation sites is 2. The zero-order chi connectivity index (χ0) is 41.5. The second-order valence-electron chi connectivity index (χ2n) is 17.2. The molecule has 63 heavy (non-hydrogen) atoms. The van der Waals surface area contributed by atoms with Gasteiger partial charge in [0, 0.05) is 31.7 Å². The molecule has 0 spiro atoms. The van der Waals surface area contributed by atoms with Gasteiger partial charge in [-0.15, -0.1) is 0 Å². The normalized spacial score (nSPS) is 13.3. The number of nitrogens with zero attached hydrogens (tertiary/aromatic N) is 1. The van der Waals surface area contributed by atoms with E-state index < -0.39 is 5.41 Å². The molecule has 0 N–H and O–H groups in total. The summed E-state index contributed by atoms with van der Waals surface area (Å²) in [4.78, 5) is 2.76. The van der Waals surface area contributed by atoms with Crippen LogP contribution in [0.2, 0.25) is 0 Å². The van der Waals surface area contributed by atoms with Gasteiger partial charge in [-0.25, -0.2) is 0 Å². The van der Waals surface area contributed by atoms with Gasteiger partial charge in [0.25, 0.3) is 0 Å². The first-order valence-electron chi connectivity index (χ1n) is 22.0. The van der Waals surface area contributed by atoms with Crippen LogP contribution in [0.5, 0.6) is 0 Å². The first kappa shape index (κ1) is 36.3. The summed E-state index contributed by atoms with van der Waals surface area (Å²) in [6, 6.07) is 83.9. The molecule has 0 saturated carbocycles. The minimum Gasteiger partial charge on any atom is -0.309 e. The van der Waals surface area contributed by atoms with Gasteiger partial charge in [-0.2, -0.15) is 0 Å². The lowest BCUT2D eigenvalue weighted by Gasteiger charge is -2.44. The summed E-state index contributed by atoms with van der Waals surface area (Å²) in [6.45, 7) is 0. The molecule has 2 heteroatoms. The van der Waals surface area contributed by atoms with Crippen molar-refractivity contribution in [1.82, 2.24) is 4.57 Å². The van der Waals surface area contributed by atoms with Crippen LogP contribution in [0.15, 0.2) is 234 Å². The maximum Gasteiger partial charge on any atom is 0.0541 e. The Hall–Kier alpha value is -7.39. The van der Waals surface area contributed by atoms with Crippen LogP contribution in [0.4, 0.5) is 0 Å². The van der Waals surface area contributed by atoms with Gasteiger partial charge in [-0.05, 0) is 120 Å². The van der Waals surface area contributed by atoms with Crippen molar-refractivity contribution < 1.29 is 0 Å². The van der Waals surface area contributed by atoms with Gasteiger partial charge in [0.15, 0.2) is 0 Å². The quantitative estimate of drug-likeness (QED) is 0.151. The molecule has 0 atom stereocenters. The van der Waals surface area contributed by atoms with Gasteiger partial charge >= 0.3 is 0 Å². The molecule has 1 aliphatic rings. The summed E-state index contributed by atoms with van der Waals surface area (Å²) in [5.74, 6) is 0. The van der Waals surface area contributed by atoms with Crippen molar-refractivity contribution in [3.05, 3.63) is 247 Å². The standard InChI is InChI=1S/C61H41NS/c1-3-17-40(18-4-1)38-61(39-41-31-33-42(34-32-41)43-35-36-56-54(37-43)49-25-15-16-30-55(49)62(56)44-19-5-2-6-20-44)57-50-26-11-7-21-45(50)47-23-9-13-28-52(47)59(57)63-60-53-29-14-10-24-48(53)46-22-8-12-27-51(46)58(60)61/h1-37H,38-39H2. The zero-order valence-corrected chi connectivity index (χ0v) is 35.4. The number of hydrogen-bond acceptors (Lipinski definition) is 1. The smallest absolute Gasteiger partial charge is 0.0541 e. The fourth-order valence-electron chi connectivity index (χ4n) is 11.1. The zero-order valence-electron chi connectivity index (χ0n) is 34.6. The largest absolute Gasteiger partial charge is 0.309 e. The molecule has 0 saturated heterocycles. The van der Waals surface area contributed by atoms with E-state index in [-0.39, 0.29) is 0 Å². The number of hydrogen-bond donors (Lipinski definition) is 0. The molecule has 1 aromatic heterocycles. The molecule has 0 unspecified atom stereocenters. The highest BCUT2D eigenvalue weighted by molar-refractivity contribution is 8.00. The number of aromatic nitrogens is 1. The maximum atomic E-state index is 2.41. The first-order valence-corrected chi connectivity index (χ1v) is 22.8. The van der Waals surface area contributed by atoms with Crippen molar-refractivity contribution in [1.29, 1.82) is 0 Å². The highest BCUT2D eigenvalue weighted by Crippen LogP contribution is 2.60. The molecule has 11 aromatic carbocycles. The fourth-order valence-corrected chi connectivity index (χ4v) is 12.7. The van der Waals surface area contributed by atoms with Gasteiger partial charge in [-0.1, -0.05) is 206 Å². The second-order valence-corrected chi connectivity index (χ2v) is 18.3. The molecule has 0 fully saturated rings. The summed E-state index contributed by atoms with van der Waals surface area (Å²) in [5.41, 5.74) is 11.2. The summed E-state index contributed by atoms with van der Waals surface area (Å²) >= 11 is 1.99. The minimum atomic E-state index is -0.412. The molecule has 0 amide bonds. The SMILES string of the molecule is c1ccc(CC2(Cc3ccc(-c4ccc5c(c4)c4ccccc4n5-c4ccccc4)cc3)c3c(c4ccccc4c4ccccc34)Sc3c2c2ccccc2c2ccccc32)cc1. The third-order valence-electron chi connectivity index (χ3n) is 13.8. The third-order valence-corrected chi connectivity index (χ3v) is 15.0. The number of benzene rings is 11. The topological polar surface area (TPSA) is 4.93 Å². The van der Waals surface area contributed by atoms with Crippen molar-refractivity contribution in [2.24, 2.45) is 0 Å². The van der Waals surface area contributed by atoms with Crippen LogP contribution in [0.3, 0.4) is 0 Å². The van der Waals surface area contributed by atoms with Crippen LogP contribution in [-0.4, -0.2) is 4.57 Å². The molecule has 2 heterocycles. The molecule has 0 aliphatic carbocycles. The average Bonchev–Trinajstić information content (AvgIpc) is 3.68. The van der Waals surface area contributed by atoms with Gasteiger partial charge in [0.2, 0.25) is 0 Å². The maximum absolute atomic E-state index is 2.41. The lowest BCUT2D eigenvalue weighted by atomic mass is 9.63. The van der Waals surface area contributed by atoms with E-state index in [0.29, 0.717) is 0 Å². The summed E-state index contributed by atoms with van der Waals surface area (Å²) in [6.07, 6.45) is 1.71. The Labute approximate surface area is 370 Å². The Morgan fingerprint density at radius 2 is 0.730 bits per heavy atom. The monoisotopic (exact) mass is 819 g/mol. The van der Waals surface area contributed by atoms with Gasteiger partial charge in [0.1, 0.15) is 0 Å². The van der Waals surface area contributed by atoms with Crippen LogP contribution in [0, 0.1) is 0 Å². The van der Waals surface area contributed by atoms with E-state index in [9.17, 15) is 0 Å². The van der Waals surface area contributed by atoms with Crippen LogP contribution < -0.4 is 0 Å². The van der Waals surface area contributed by atoms with Crippen molar-refractivity contribution in [2.45, 2.75) is 28.0 Å². The Balaban J connectivity index is 1.05. The molecule has 296 valence electrons. The molecule has 1 aliphatic heterocycles. The van der Waals surface area contributed by atoms with Crippen molar-refractivity contribution >= 4 is 76.7 Å². The van der Waals surface area contributed by atoms with E-state index in [1.54, 1.807) is 0 Å². The van der Waals surface area contributed by atoms with Gasteiger partial charge < -0.3 is 4.57 Å². The lowest BCUT2D eigenvalue weighted by Crippen LogP contribution is -2.37. The summed E-state index contributed by atoms with van der Waals surface area (Å²) in [7, 11) is 0. The molecule has 13 rings (SSSR count). The van der Waals surface area contributed by atoms with Crippen molar-refractivity contribution in [2.75, 3.05) is 0 Å². The van der Waals surface area contributed by atoms with Crippen LogP contribution in [0.1, 0.15) is 22.3 Å². The van der Waals surface area contributed by atoms with Crippen molar-refractivity contribution in [3.8, 4) is 16.8 Å². The Kier molecular flexibility index (Phi) is 8.26. The molecular formula is C61H41NS. The summed E-state index contributed by atoms with van der Waals surface area (Å²) < 4.78 is 2.39. The average molecular weight is 820 g/mol. The molecular weight excluding hydrogens is 779 g/mol. The Bertz CT molecular complexity index is 3630. The van der Waals surface area contributed by atoms with E-state index in [4.69, 9.17) is 0 Å². The van der Waals surface area contributed by atoms with Gasteiger partial charge in [-0.3, -0.25) is 0 Å². The molecule has 1 nitrogen and oxygen atoms in total. The fraction of sp³-hybridized carbons (Fsp3) is 0.0492. The number of fused-ring (bicyclic) bond motifs is 15. The van der Waals surface area contributed by atoms with E-state index in [1.165, 1.54) is 114 Å². The van der Waals surface area contributed by atoms with E-state index in [0.717, 1.165) is 12.8 Å². The predicted octanol–water partition coefficient (Wildman–Crippen LogP) is 16.3. The van der Waals surface area contributed by atoms with Crippen LogP contribution in [-0.2, 0) is 18.3 Å². The minimum absolute atomic E-state index is 0.412. The van der Waals surface area contributed by atoms with Gasteiger partial charge in [0.05, 0.1) is 11.0 Å². The molecule has 0 bridgehead atoms. The predicted molar refractivity (Wildman–Crippen MR) is 268 cm³/mol. The summed E-state index contributed by atoms with van der Waals surface area (Å²) in [5, 5.41) is 13.1. The van der Waals surface area contributed by atoms with E-state index in [1.807, 2.05) is 11.8 Å². The highest BCUT2D eigenvalue weighted by atomic mass is 32.2. The second kappa shape index (κ2) is 14.3. The van der Waals surface area contributed by atoms with Crippen molar-refractivity contribution in [3.63, 3.8) is 0 Å². The van der Waals surface area contributed by atoms with Crippen LogP contribution in [0.25, 0.3) is 81.7 Å². The van der Waals surface area contributed by atoms with E-state index in [2.05, 4.69) is 229 Å². The first-order chi connectivity index (χ1) is 31.2. The van der Waals surface area contributed by atoms with Crippen LogP contribution >= 0.6 is 11.8 Å². The number of rotatable bonds is 6.